The maximum Gasteiger partial charge on any atom is 0.328 e. The molecule has 1 rings (SSSR count). The lowest BCUT2D eigenvalue weighted by molar-refractivity contribution is 0.740. The Morgan fingerprint density at radius 3 is 2.75 bits per heavy atom. The lowest BCUT2D eigenvalue weighted by Crippen LogP contribution is -2.21. The summed E-state index contributed by atoms with van der Waals surface area (Å²) in [4.78, 5) is 11.2. The molecule has 0 spiro atoms. The van der Waals surface area contributed by atoms with Crippen LogP contribution in [-0.2, 0) is 13.6 Å². The van der Waals surface area contributed by atoms with E-state index in [0.717, 1.165) is 0 Å². The van der Waals surface area contributed by atoms with E-state index < -0.39 is 0 Å². The number of imidazole rings is 1. The summed E-state index contributed by atoms with van der Waals surface area (Å²) in [5, 5.41) is 0.647. The van der Waals surface area contributed by atoms with Crippen molar-refractivity contribution < 1.29 is 0 Å². The van der Waals surface area contributed by atoms with E-state index in [4.69, 9.17) is 0 Å². The van der Waals surface area contributed by atoms with Crippen LogP contribution in [-0.4, -0.2) is 14.5 Å². The number of nitrogens with zero attached hydrogens (tertiary/aromatic N) is 2. The van der Waals surface area contributed by atoms with Gasteiger partial charge in [-0.25, -0.2) is 4.79 Å². The molecule has 4 heteroatoms. The minimum absolute atomic E-state index is 0.0288. The van der Waals surface area contributed by atoms with E-state index in [2.05, 4.69) is 27.8 Å². The lowest BCUT2D eigenvalue weighted by Gasteiger charge is -1.90. The predicted molar refractivity (Wildman–Crippen MR) is 51.2 cm³/mol. The van der Waals surface area contributed by atoms with Crippen LogP contribution in [0, 0.1) is 11.8 Å². The molecule has 12 heavy (non-hydrogen) atoms. The fourth-order valence-electron chi connectivity index (χ4n) is 0.819. The van der Waals surface area contributed by atoms with Crippen molar-refractivity contribution in [1.29, 1.82) is 0 Å². The van der Waals surface area contributed by atoms with Crippen LogP contribution in [0.1, 0.15) is 0 Å². The molecular weight excluding hydrogens is 220 g/mol. The smallest absolute Gasteiger partial charge is 0.302 e. The average Bonchev–Trinajstić information content (AvgIpc) is 2.36. The molecular formula is C8H9BrN2O. The van der Waals surface area contributed by atoms with Crippen LogP contribution in [0.4, 0.5) is 0 Å². The highest BCUT2D eigenvalue weighted by Crippen LogP contribution is 1.81. The van der Waals surface area contributed by atoms with Gasteiger partial charge in [-0.05, 0) is 0 Å². The Balaban J connectivity index is 2.77. The lowest BCUT2D eigenvalue weighted by atomic mass is 10.6. The van der Waals surface area contributed by atoms with Crippen LogP contribution in [0.25, 0.3) is 0 Å². The summed E-state index contributed by atoms with van der Waals surface area (Å²) in [7, 11) is 1.72. The number of rotatable bonds is 1. The summed E-state index contributed by atoms with van der Waals surface area (Å²) in [6, 6.07) is 0. The molecule has 0 aliphatic heterocycles. The third kappa shape index (κ3) is 2.02. The second-order valence-electron chi connectivity index (χ2n) is 2.31. The summed E-state index contributed by atoms with van der Waals surface area (Å²) in [5.41, 5.74) is -0.0288. The molecule has 3 nitrogen and oxygen atoms in total. The molecule has 0 N–H and O–H groups in total. The Morgan fingerprint density at radius 2 is 2.25 bits per heavy atom. The Bertz CT molecular complexity index is 366. The predicted octanol–water partition coefficient (Wildman–Crippen LogP) is 0.585. The van der Waals surface area contributed by atoms with Gasteiger partial charge in [-0.3, -0.25) is 4.57 Å². The van der Waals surface area contributed by atoms with Gasteiger partial charge in [0.05, 0.1) is 11.9 Å². The molecule has 0 aliphatic rings. The van der Waals surface area contributed by atoms with E-state index in [1.54, 1.807) is 24.0 Å². The quantitative estimate of drug-likeness (QED) is 0.511. The van der Waals surface area contributed by atoms with Crippen LogP contribution < -0.4 is 5.69 Å². The minimum atomic E-state index is -0.0288. The maximum absolute atomic E-state index is 11.2. The van der Waals surface area contributed by atoms with E-state index >= 15 is 0 Å². The second kappa shape index (κ2) is 4.17. The monoisotopic (exact) mass is 228 g/mol. The SMILES string of the molecule is Cn1ccn(CC#CCBr)c1=O. The van der Waals surface area contributed by atoms with E-state index in [9.17, 15) is 4.79 Å². The van der Waals surface area contributed by atoms with Crippen molar-refractivity contribution in [2.75, 3.05) is 5.33 Å². The summed E-state index contributed by atoms with van der Waals surface area (Å²) in [6.45, 7) is 0.464. The van der Waals surface area contributed by atoms with Crippen molar-refractivity contribution in [2.45, 2.75) is 6.54 Å². The summed E-state index contributed by atoms with van der Waals surface area (Å²) >= 11 is 3.18. The van der Waals surface area contributed by atoms with Crippen LogP contribution in [0.5, 0.6) is 0 Å². The van der Waals surface area contributed by atoms with E-state index in [-0.39, 0.29) is 5.69 Å². The van der Waals surface area contributed by atoms with Crippen molar-refractivity contribution in [3.05, 3.63) is 22.9 Å². The third-order valence-corrected chi connectivity index (χ3v) is 1.74. The van der Waals surface area contributed by atoms with Gasteiger partial charge in [0.2, 0.25) is 0 Å². The van der Waals surface area contributed by atoms with Gasteiger partial charge in [0.15, 0.2) is 0 Å². The molecule has 0 aliphatic carbocycles. The zero-order valence-electron chi connectivity index (χ0n) is 6.75. The van der Waals surface area contributed by atoms with Crippen molar-refractivity contribution in [3.63, 3.8) is 0 Å². The highest BCUT2D eigenvalue weighted by molar-refractivity contribution is 9.09. The van der Waals surface area contributed by atoms with Crippen molar-refractivity contribution in [3.8, 4) is 11.8 Å². The minimum Gasteiger partial charge on any atom is -0.302 e. The molecule has 64 valence electrons. The van der Waals surface area contributed by atoms with E-state index in [1.807, 2.05) is 0 Å². The van der Waals surface area contributed by atoms with Crippen LogP contribution in [0.3, 0.4) is 0 Å². The molecule has 0 aromatic carbocycles. The standard InChI is InChI=1S/C8H9BrN2O/c1-10-6-7-11(8(10)12)5-3-2-4-9/h6-7H,4-5H2,1H3. The highest BCUT2D eigenvalue weighted by Gasteiger charge is 1.95. The van der Waals surface area contributed by atoms with Gasteiger partial charge < -0.3 is 4.57 Å². The molecule has 1 aromatic rings. The molecule has 0 saturated carbocycles. The maximum atomic E-state index is 11.2. The van der Waals surface area contributed by atoms with Crippen LogP contribution in [0.15, 0.2) is 17.2 Å². The Hall–Kier alpha value is -0.950. The molecule has 0 bridgehead atoms. The number of aromatic nitrogens is 2. The number of aryl methyl sites for hydroxylation is 1. The Morgan fingerprint density at radius 1 is 1.50 bits per heavy atom. The van der Waals surface area contributed by atoms with Gasteiger partial charge in [0, 0.05) is 19.4 Å². The Labute approximate surface area is 79.1 Å². The van der Waals surface area contributed by atoms with Crippen molar-refractivity contribution in [1.82, 2.24) is 9.13 Å². The zero-order valence-corrected chi connectivity index (χ0v) is 8.34. The first-order valence-corrected chi connectivity index (χ1v) is 4.61. The van der Waals surface area contributed by atoms with E-state index in [0.29, 0.717) is 11.9 Å². The van der Waals surface area contributed by atoms with Gasteiger partial charge in [0.25, 0.3) is 0 Å². The van der Waals surface area contributed by atoms with Gasteiger partial charge in [0.1, 0.15) is 0 Å². The number of halogens is 1. The molecule has 0 radical (unpaired) electrons. The summed E-state index contributed by atoms with van der Waals surface area (Å²) in [5.74, 6) is 5.69. The molecule has 1 aromatic heterocycles. The largest absolute Gasteiger partial charge is 0.328 e. The highest BCUT2D eigenvalue weighted by atomic mass is 79.9. The summed E-state index contributed by atoms with van der Waals surface area (Å²) in [6.07, 6.45) is 3.45. The number of hydrogen-bond donors (Lipinski definition) is 0. The molecule has 0 atom stereocenters. The first-order chi connectivity index (χ1) is 5.75. The number of alkyl halides is 1. The van der Waals surface area contributed by atoms with Crippen molar-refractivity contribution >= 4 is 15.9 Å². The van der Waals surface area contributed by atoms with E-state index in [1.165, 1.54) is 4.57 Å². The fraction of sp³-hybridized carbons (Fsp3) is 0.375. The topological polar surface area (TPSA) is 26.9 Å². The van der Waals surface area contributed by atoms with Gasteiger partial charge >= 0.3 is 5.69 Å². The van der Waals surface area contributed by atoms with Gasteiger partial charge in [-0.15, -0.1) is 0 Å². The molecule has 0 fully saturated rings. The Kier molecular flexibility index (Phi) is 3.18. The average molecular weight is 229 g/mol. The molecule has 0 saturated heterocycles. The molecule has 0 unspecified atom stereocenters. The summed E-state index contributed by atoms with van der Waals surface area (Å²) < 4.78 is 3.09. The zero-order chi connectivity index (χ0) is 8.97. The van der Waals surface area contributed by atoms with Gasteiger partial charge in [-0.2, -0.15) is 0 Å². The molecule has 0 amide bonds. The second-order valence-corrected chi connectivity index (χ2v) is 2.87. The first kappa shape index (κ1) is 9.14. The van der Waals surface area contributed by atoms with Gasteiger partial charge in [-0.1, -0.05) is 27.8 Å². The van der Waals surface area contributed by atoms with Crippen LogP contribution >= 0.6 is 15.9 Å². The number of hydrogen-bond acceptors (Lipinski definition) is 1. The van der Waals surface area contributed by atoms with Crippen LogP contribution in [0.2, 0.25) is 0 Å². The van der Waals surface area contributed by atoms with Crippen molar-refractivity contribution in [2.24, 2.45) is 7.05 Å². The first-order valence-electron chi connectivity index (χ1n) is 3.49. The fourth-order valence-corrected chi connectivity index (χ4v) is 1.02. The third-order valence-electron chi connectivity index (χ3n) is 1.46. The normalized spacial score (nSPS) is 9.17. The molecule has 1 heterocycles.